The van der Waals surface area contributed by atoms with Gasteiger partial charge >= 0.3 is 0 Å². The molecular weight excluding hydrogens is 504 g/mol. The zero-order valence-electron chi connectivity index (χ0n) is 18.4. The third kappa shape index (κ3) is 6.38. The number of nitriles is 1. The first-order valence-electron chi connectivity index (χ1n) is 10.1. The first kappa shape index (κ1) is 24.4. The third-order valence-electron chi connectivity index (χ3n) is 4.96. The highest BCUT2D eigenvalue weighted by Crippen LogP contribution is 2.38. The summed E-state index contributed by atoms with van der Waals surface area (Å²) in [6.45, 7) is 4.26. The van der Waals surface area contributed by atoms with Gasteiger partial charge in [0.25, 0.3) is 5.91 Å². The molecular formula is C26H22BrClN2O3. The molecule has 0 bridgehead atoms. The molecule has 3 aromatic rings. The van der Waals surface area contributed by atoms with Crippen LogP contribution in [-0.4, -0.2) is 13.0 Å². The number of ether oxygens (including phenoxy) is 2. The number of nitrogens with one attached hydrogen (secondary N) is 1. The molecule has 1 N–H and O–H groups in total. The molecule has 1 amide bonds. The second kappa shape index (κ2) is 11.0. The van der Waals surface area contributed by atoms with Crippen molar-refractivity contribution in [3.05, 3.63) is 91.9 Å². The van der Waals surface area contributed by atoms with Crippen LogP contribution in [0.15, 0.2) is 64.6 Å². The van der Waals surface area contributed by atoms with Crippen molar-refractivity contribution >= 4 is 45.2 Å². The Hall–Kier alpha value is -3.27. The van der Waals surface area contributed by atoms with Gasteiger partial charge in [-0.2, -0.15) is 5.26 Å². The molecule has 0 saturated heterocycles. The van der Waals surface area contributed by atoms with Crippen LogP contribution in [-0.2, 0) is 11.4 Å². The van der Waals surface area contributed by atoms with Crippen molar-refractivity contribution in [1.82, 2.24) is 0 Å². The molecule has 5 nitrogen and oxygen atoms in total. The molecule has 0 heterocycles. The monoisotopic (exact) mass is 524 g/mol. The number of rotatable bonds is 7. The van der Waals surface area contributed by atoms with E-state index in [1.807, 2.05) is 50.2 Å². The van der Waals surface area contributed by atoms with Crippen LogP contribution in [0.4, 0.5) is 5.69 Å². The van der Waals surface area contributed by atoms with E-state index in [2.05, 4.69) is 21.2 Å². The molecule has 33 heavy (non-hydrogen) atoms. The highest BCUT2D eigenvalue weighted by atomic mass is 79.9. The van der Waals surface area contributed by atoms with Crippen molar-refractivity contribution in [3.63, 3.8) is 0 Å². The number of hydrogen-bond acceptors (Lipinski definition) is 4. The van der Waals surface area contributed by atoms with E-state index >= 15 is 0 Å². The van der Waals surface area contributed by atoms with Gasteiger partial charge in [0.05, 0.1) is 11.6 Å². The van der Waals surface area contributed by atoms with Gasteiger partial charge in [0.15, 0.2) is 11.5 Å². The van der Waals surface area contributed by atoms with Crippen LogP contribution < -0.4 is 14.8 Å². The summed E-state index contributed by atoms with van der Waals surface area (Å²) in [5, 5.41) is 13.0. The number of methoxy groups -OCH3 is 1. The van der Waals surface area contributed by atoms with Gasteiger partial charge in [-0.1, -0.05) is 29.8 Å². The van der Waals surface area contributed by atoms with Crippen LogP contribution in [0.5, 0.6) is 11.5 Å². The lowest BCUT2D eigenvalue weighted by molar-refractivity contribution is -0.112. The van der Waals surface area contributed by atoms with Crippen LogP contribution in [0.2, 0.25) is 5.02 Å². The molecule has 0 saturated carbocycles. The molecule has 0 unspecified atom stereocenters. The quantitative estimate of drug-likeness (QED) is 0.270. The van der Waals surface area contributed by atoms with E-state index in [0.29, 0.717) is 38.9 Å². The average molecular weight is 526 g/mol. The standard InChI is InChI=1S/C26H22BrClN2O3/c1-16-7-8-22(9-17(16)2)30-26(31)20(14-29)10-19-12-23(27)25(24(13-19)32-3)33-15-18-5-4-6-21(28)11-18/h4-13H,15H2,1-3H3,(H,30,31)/b20-10+. The predicted octanol–water partition coefficient (Wildman–Crippen LogP) is 6.85. The second-order valence-electron chi connectivity index (χ2n) is 7.38. The normalized spacial score (nSPS) is 11.0. The SMILES string of the molecule is COc1cc(/C=C(\C#N)C(=O)Nc2ccc(C)c(C)c2)cc(Br)c1OCc1cccc(Cl)c1. The highest BCUT2D eigenvalue weighted by molar-refractivity contribution is 9.10. The summed E-state index contributed by atoms with van der Waals surface area (Å²) in [5.41, 5.74) is 4.30. The van der Waals surface area contributed by atoms with Crippen molar-refractivity contribution in [2.45, 2.75) is 20.5 Å². The molecule has 3 rings (SSSR count). The fraction of sp³-hybridized carbons (Fsp3) is 0.154. The topological polar surface area (TPSA) is 71.3 Å². The number of hydrogen-bond donors (Lipinski definition) is 1. The largest absolute Gasteiger partial charge is 0.493 e. The third-order valence-corrected chi connectivity index (χ3v) is 5.79. The molecule has 3 aromatic carbocycles. The summed E-state index contributed by atoms with van der Waals surface area (Å²) >= 11 is 9.54. The Morgan fingerprint density at radius 3 is 2.61 bits per heavy atom. The molecule has 0 spiro atoms. The summed E-state index contributed by atoms with van der Waals surface area (Å²) in [6.07, 6.45) is 1.50. The number of halogens is 2. The van der Waals surface area contributed by atoms with Gasteiger partial charge < -0.3 is 14.8 Å². The van der Waals surface area contributed by atoms with Gasteiger partial charge in [0.1, 0.15) is 18.2 Å². The van der Waals surface area contributed by atoms with E-state index in [9.17, 15) is 10.1 Å². The minimum absolute atomic E-state index is 0.0326. The Bertz CT molecular complexity index is 1260. The number of benzene rings is 3. The van der Waals surface area contributed by atoms with E-state index in [4.69, 9.17) is 21.1 Å². The van der Waals surface area contributed by atoms with Crippen LogP contribution in [0.25, 0.3) is 6.08 Å². The minimum atomic E-state index is -0.489. The maximum absolute atomic E-state index is 12.7. The Labute approximate surface area is 206 Å². The van der Waals surface area contributed by atoms with Gasteiger partial charge in [0.2, 0.25) is 0 Å². The molecule has 0 aromatic heterocycles. The van der Waals surface area contributed by atoms with E-state index in [0.717, 1.165) is 16.7 Å². The number of carbonyl (C=O) groups is 1. The zero-order chi connectivity index (χ0) is 24.0. The minimum Gasteiger partial charge on any atom is -0.493 e. The number of amides is 1. The lowest BCUT2D eigenvalue weighted by atomic mass is 10.1. The van der Waals surface area contributed by atoms with Crippen molar-refractivity contribution in [3.8, 4) is 17.6 Å². The van der Waals surface area contributed by atoms with Gasteiger partial charge in [0, 0.05) is 10.7 Å². The number of aryl methyl sites for hydroxylation is 2. The summed E-state index contributed by atoms with van der Waals surface area (Å²) < 4.78 is 12.0. The Morgan fingerprint density at radius 1 is 1.15 bits per heavy atom. The first-order chi connectivity index (χ1) is 15.8. The summed E-state index contributed by atoms with van der Waals surface area (Å²) in [7, 11) is 1.53. The molecule has 0 radical (unpaired) electrons. The molecule has 0 fully saturated rings. The number of carbonyl (C=O) groups excluding carboxylic acids is 1. The molecule has 0 aliphatic rings. The van der Waals surface area contributed by atoms with Gasteiger partial charge in [-0.15, -0.1) is 0 Å². The maximum Gasteiger partial charge on any atom is 0.266 e. The Kier molecular flexibility index (Phi) is 8.16. The van der Waals surface area contributed by atoms with Crippen molar-refractivity contribution in [1.29, 1.82) is 5.26 Å². The zero-order valence-corrected chi connectivity index (χ0v) is 20.8. The summed E-state index contributed by atoms with van der Waals surface area (Å²) in [5.74, 6) is 0.481. The van der Waals surface area contributed by atoms with Gasteiger partial charge in [-0.25, -0.2) is 0 Å². The Morgan fingerprint density at radius 2 is 1.94 bits per heavy atom. The number of nitrogens with zero attached hydrogens (tertiary/aromatic N) is 1. The second-order valence-corrected chi connectivity index (χ2v) is 8.67. The molecule has 168 valence electrons. The fourth-order valence-electron chi connectivity index (χ4n) is 3.08. The summed E-state index contributed by atoms with van der Waals surface area (Å²) in [4.78, 5) is 12.7. The van der Waals surface area contributed by atoms with E-state index < -0.39 is 5.91 Å². The fourth-order valence-corrected chi connectivity index (χ4v) is 3.87. The lowest BCUT2D eigenvalue weighted by Crippen LogP contribution is -2.13. The predicted molar refractivity (Wildman–Crippen MR) is 135 cm³/mol. The lowest BCUT2D eigenvalue weighted by Gasteiger charge is -2.14. The van der Waals surface area contributed by atoms with E-state index in [1.165, 1.54) is 13.2 Å². The average Bonchev–Trinajstić information content (AvgIpc) is 2.78. The molecule has 7 heteroatoms. The molecule has 0 aliphatic carbocycles. The highest BCUT2D eigenvalue weighted by Gasteiger charge is 2.14. The van der Waals surface area contributed by atoms with Crippen LogP contribution in [0.1, 0.15) is 22.3 Å². The van der Waals surface area contributed by atoms with Crippen molar-refractivity contribution < 1.29 is 14.3 Å². The van der Waals surface area contributed by atoms with Crippen LogP contribution >= 0.6 is 27.5 Å². The van der Waals surface area contributed by atoms with Crippen molar-refractivity contribution in [2.24, 2.45) is 0 Å². The van der Waals surface area contributed by atoms with Crippen molar-refractivity contribution in [2.75, 3.05) is 12.4 Å². The first-order valence-corrected chi connectivity index (χ1v) is 11.2. The van der Waals surface area contributed by atoms with E-state index in [1.54, 1.807) is 24.3 Å². The van der Waals surface area contributed by atoms with Gasteiger partial charge in [-0.05, 0) is 94.5 Å². The number of anilines is 1. The Balaban J connectivity index is 1.82. The van der Waals surface area contributed by atoms with E-state index in [-0.39, 0.29) is 5.57 Å². The molecule has 0 aliphatic heterocycles. The molecule has 0 atom stereocenters. The van der Waals surface area contributed by atoms with Gasteiger partial charge in [-0.3, -0.25) is 4.79 Å². The van der Waals surface area contributed by atoms with Crippen LogP contribution in [0, 0.1) is 25.2 Å². The summed E-state index contributed by atoms with van der Waals surface area (Å²) in [6, 6.07) is 18.4. The van der Waals surface area contributed by atoms with Crippen LogP contribution in [0.3, 0.4) is 0 Å². The smallest absolute Gasteiger partial charge is 0.266 e. The maximum atomic E-state index is 12.7.